The van der Waals surface area contributed by atoms with Crippen molar-refractivity contribution in [2.24, 2.45) is 5.10 Å². The van der Waals surface area contributed by atoms with E-state index in [0.717, 1.165) is 24.5 Å². The molecule has 1 heterocycles. The number of methoxy groups -OCH3 is 1. The molecule has 0 bridgehead atoms. The molecule has 1 aliphatic heterocycles. The first-order chi connectivity index (χ1) is 12.1. The molecule has 0 aromatic heterocycles. The summed E-state index contributed by atoms with van der Waals surface area (Å²) in [5, 5.41) is 4.31. The summed E-state index contributed by atoms with van der Waals surface area (Å²) >= 11 is 0. The predicted octanol–water partition coefficient (Wildman–Crippen LogP) is 2.86. The average Bonchev–Trinajstić information content (AvgIpc) is 2.65. The van der Waals surface area contributed by atoms with Gasteiger partial charge in [-0.2, -0.15) is 5.10 Å². The van der Waals surface area contributed by atoms with Crippen molar-refractivity contribution in [2.45, 2.75) is 19.9 Å². The van der Waals surface area contributed by atoms with Gasteiger partial charge in [0.05, 0.1) is 18.8 Å². The first kappa shape index (κ1) is 18.6. The average molecular weight is 342 g/mol. The molecule has 1 unspecified atom stereocenters. The molecular formula is C19H26N4O2. The first-order valence-corrected chi connectivity index (χ1v) is 8.44. The van der Waals surface area contributed by atoms with E-state index in [1.54, 1.807) is 0 Å². The molecule has 0 saturated carbocycles. The number of benzene rings is 1. The number of hydrazone groups is 1. The van der Waals surface area contributed by atoms with Gasteiger partial charge in [-0.05, 0) is 50.4 Å². The molecule has 0 fully saturated rings. The highest BCUT2D eigenvalue weighted by molar-refractivity contribution is 6.39. The fraction of sp³-hybridized carbons (Fsp3) is 0.368. The lowest BCUT2D eigenvalue weighted by Gasteiger charge is -2.26. The monoisotopic (exact) mass is 342 g/mol. The van der Waals surface area contributed by atoms with E-state index in [0.29, 0.717) is 5.71 Å². The van der Waals surface area contributed by atoms with Crippen LogP contribution in [-0.2, 0) is 9.53 Å². The second-order valence-electron chi connectivity index (χ2n) is 5.66. The molecule has 0 radical (unpaired) electrons. The highest BCUT2D eigenvalue weighted by Gasteiger charge is 2.25. The summed E-state index contributed by atoms with van der Waals surface area (Å²) in [7, 11) is 3.25. The normalized spacial score (nSPS) is 16.7. The lowest BCUT2D eigenvalue weighted by atomic mass is 10.1. The highest BCUT2D eigenvalue weighted by Crippen LogP contribution is 2.18. The van der Waals surface area contributed by atoms with Gasteiger partial charge in [0.25, 0.3) is 0 Å². The molecule has 6 nitrogen and oxygen atoms in total. The third-order valence-corrected chi connectivity index (χ3v) is 4.14. The van der Waals surface area contributed by atoms with E-state index < -0.39 is 5.97 Å². The summed E-state index contributed by atoms with van der Waals surface area (Å²) in [6, 6.07) is 7.72. The van der Waals surface area contributed by atoms with Crippen LogP contribution in [0.2, 0.25) is 0 Å². The Hall–Kier alpha value is -2.76. The standard InChI is InChI=1S/C19H26N4O2/c1-5-23(6-2)16-12-10-15(11-13-16)20-21-18(19(24)25-4)17-9-7-8-14-22(17)3/h7-14,17,20H,5-6H2,1-4H3/b21-18-. The van der Waals surface area contributed by atoms with Crippen LogP contribution in [0.4, 0.5) is 11.4 Å². The van der Waals surface area contributed by atoms with Gasteiger partial charge >= 0.3 is 5.97 Å². The third kappa shape index (κ3) is 4.62. The van der Waals surface area contributed by atoms with Crippen LogP contribution >= 0.6 is 0 Å². The minimum Gasteiger partial charge on any atom is -0.464 e. The van der Waals surface area contributed by atoms with Gasteiger partial charge in [0.1, 0.15) is 0 Å². The topological polar surface area (TPSA) is 57.2 Å². The van der Waals surface area contributed by atoms with Crippen LogP contribution in [0, 0.1) is 0 Å². The third-order valence-electron chi connectivity index (χ3n) is 4.14. The molecule has 1 aromatic rings. The van der Waals surface area contributed by atoms with E-state index in [1.807, 2.05) is 60.6 Å². The number of anilines is 2. The Morgan fingerprint density at radius 2 is 1.92 bits per heavy atom. The Morgan fingerprint density at radius 1 is 1.24 bits per heavy atom. The van der Waals surface area contributed by atoms with Crippen molar-refractivity contribution in [3.63, 3.8) is 0 Å². The molecule has 1 atom stereocenters. The fourth-order valence-electron chi connectivity index (χ4n) is 2.66. The second-order valence-corrected chi connectivity index (χ2v) is 5.66. The maximum Gasteiger partial charge on any atom is 0.356 e. The van der Waals surface area contributed by atoms with E-state index in [9.17, 15) is 4.79 Å². The van der Waals surface area contributed by atoms with Gasteiger partial charge in [-0.3, -0.25) is 5.43 Å². The number of nitrogens with zero attached hydrogens (tertiary/aromatic N) is 3. The molecule has 134 valence electrons. The quantitative estimate of drug-likeness (QED) is 0.469. The molecular weight excluding hydrogens is 316 g/mol. The molecule has 0 saturated heterocycles. The summed E-state index contributed by atoms with van der Waals surface area (Å²) in [6.07, 6.45) is 7.59. The lowest BCUT2D eigenvalue weighted by Crippen LogP contribution is -2.40. The number of carbonyl (C=O) groups is 1. The van der Waals surface area contributed by atoms with E-state index in [4.69, 9.17) is 4.74 Å². The minimum absolute atomic E-state index is 0.264. The van der Waals surface area contributed by atoms with Crippen molar-refractivity contribution in [2.75, 3.05) is 37.6 Å². The SMILES string of the molecule is CCN(CC)c1ccc(N/N=C(\C(=O)OC)C2C=CC=CN2C)cc1. The van der Waals surface area contributed by atoms with Crippen LogP contribution in [0.15, 0.2) is 53.8 Å². The Balaban J connectivity index is 2.16. The van der Waals surface area contributed by atoms with E-state index in [-0.39, 0.29) is 6.04 Å². The second kappa shape index (κ2) is 8.92. The molecule has 1 N–H and O–H groups in total. The van der Waals surface area contributed by atoms with Gasteiger partial charge in [0.2, 0.25) is 0 Å². The van der Waals surface area contributed by atoms with Crippen molar-refractivity contribution < 1.29 is 9.53 Å². The van der Waals surface area contributed by atoms with Crippen LogP contribution in [0.3, 0.4) is 0 Å². The van der Waals surface area contributed by atoms with Crippen molar-refractivity contribution in [1.29, 1.82) is 0 Å². The van der Waals surface area contributed by atoms with E-state index >= 15 is 0 Å². The number of rotatable bonds is 7. The van der Waals surface area contributed by atoms with Crippen molar-refractivity contribution in [1.82, 2.24) is 4.90 Å². The number of hydrogen-bond donors (Lipinski definition) is 1. The van der Waals surface area contributed by atoms with Gasteiger partial charge in [0, 0.05) is 25.8 Å². The molecule has 6 heteroatoms. The van der Waals surface area contributed by atoms with Gasteiger partial charge in [-0.1, -0.05) is 12.2 Å². The zero-order valence-electron chi connectivity index (χ0n) is 15.3. The van der Waals surface area contributed by atoms with Gasteiger partial charge in [-0.15, -0.1) is 0 Å². The van der Waals surface area contributed by atoms with Crippen LogP contribution < -0.4 is 10.3 Å². The molecule has 0 spiro atoms. The Bertz CT molecular complexity index is 661. The van der Waals surface area contributed by atoms with E-state index in [1.165, 1.54) is 7.11 Å². The van der Waals surface area contributed by atoms with Gasteiger partial charge < -0.3 is 14.5 Å². The summed E-state index contributed by atoms with van der Waals surface area (Å²) in [4.78, 5) is 16.3. The largest absolute Gasteiger partial charge is 0.464 e. The van der Waals surface area contributed by atoms with Crippen LogP contribution in [0.25, 0.3) is 0 Å². The lowest BCUT2D eigenvalue weighted by molar-refractivity contribution is -0.133. The molecule has 0 amide bonds. The molecule has 2 rings (SSSR count). The molecule has 25 heavy (non-hydrogen) atoms. The number of carbonyl (C=O) groups excluding carboxylic acids is 1. The molecule has 0 aliphatic carbocycles. The number of ether oxygens (including phenoxy) is 1. The summed E-state index contributed by atoms with van der Waals surface area (Å²) < 4.78 is 4.88. The van der Waals surface area contributed by atoms with Crippen LogP contribution in [-0.4, -0.2) is 49.9 Å². The smallest absolute Gasteiger partial charge is 0.356 e. The maximum atomic E-state index is 12.1. The predicted molar refractivity (Wildman–Crippen MR) is 103 cm³/mol. The Morgan fingerprint density at radius 3 is 2.48 bits per heavy atom. The molecule has 1 aromatic carbocycles. The first-order valence-electron chi connectivity index (χ1n) is 8.44. The minimum atomic E-state index is -0.455. The Kier molecular flexibility index (Phi) is 6.62. The Labute approximate surface area is 149 Å². The van der Waals surface area contributed by atoms with Gasteiger partial charge in [-0.25, -0.2) is 4.79 Å². The number of nitrogens with one attached hydrogen (secondary N) is 1. The van der Waals surface area contributed by atoms with E-state index in [2.05, 4.69) is 29.3 Å². The highest BCUT2D eigenvalue weighted by atomic mass is 16.5. The summed E-state index contributed by atoms with van der Waals surface area (Å²) in [5.74, 6) is -0.455. The fourth-order valence-corrected chi connectivity index (χ4v) is 2.66. The number of esters is 1. The number of likely N-dealkylation sites (N-methyl/N-ethyl adjacent to an activating group) is 1. The van der Waals surface area contributed by atoms with Gasteiger partial charge in [0.15, 0.2) is 5.71 Å². The molecule has 1 aliphatic rings. The van der Waals surface area contributed by atoms with Crippen molar-refractivity contribution in [3.05, 3.63) is 48.7 Å². The zero-order chi connectivity index (χ0) is 18.2. The van der Waals surface area contributed by atoms with Crippen molar-refractivity contribution in [3.8, 4) is 0 Å². The van der Waals surface area contributed by atoms with Crippen LogP contribution in [0.5, 0.6) is 0 Å². The van der Waals surface area contributed by atoms with Crippen molar-refractivity contribution >= 4 is 23.1 Å². The van der Waals surface area contributed by atoms with Crippen LogP contribution in [0.1, 0.15) is 13.8 Å². The zero-order valence-corrected chi connectivity index (χ0v) is 15.3. The number of allylic oxidation sites excluding steroid dienone is 2. The summed E-state index contributed by atoms with van der Waals surface area (Å²) in [6.45, 7) is 6.18. The maximum absolute atomic E-state index is 12.1. The summed E-state index contributed by atoms with van der Waals surface area (Å²) in [5.41, 5.74) is 5.24. The number of hydrogen-bond acceptors (Lipinski definition) is 6.